The third kappa shape index (κ3) is 3.74. The van der Waals surface area contributed by atoms with Crippen LogP contribution in [0.4, 0.5) is 0 Å². The van der Waals surface area contributed by atoms with Crippen LogP contribution in [0.1, 0.15) is 22.8 Å². The molecule has 0 aliphatic rings. The largest absolute Gasteiger partial charge is 0.478 e. The van der Waals surface area contributed by atoms with Gasteiger partial charge in [0.05, 0.1) is 10.5 Å². The maximum absolute atomic E-state index is 12.5. The van der Waals surface area contributed by atoms with E-state index in [1.807, 2.05) is 13.2 Å². The van der Waals surface area contributed by atoms with Gasteiger partial charge in [-0.05, 0) is 30.4 Å². The summed E-state index contributed by atoms with van der Waals surface area (Å²) in [5.74, 6) is -0.439. The molecular weight excluding hydrogens is 298 g/mol. The van der Waals surface area contributed by atoms with Crippen LogP contribution < -0.4 is 0 Å². The molecule has 0 aliphatic heterocycles. The van der Waals surface area contributed by atoms with Crippen LogP contribution in [0.25, 0.3) is 0 Å². The Balaban J connectivity index is 3.27. The molecule has 112 valence electrons. The lowest BCUT2D eigenvalue weighted by molar-refractivity contribution is 0.0696. The molecule has 1 aromatic rings. The van der Waals surface area contributed by atoms with E-state index >= 15 is 0 Å². The Morgan fingerprint density at radius 1 is 1.40 bits per heavy atom. The Morgan fingerprint density at radius 2 is 2.05 bits per heavy atom. The molecular formula is C13H19NO4S2. The van der Waals surface area contributed by atoms with Crippen molar-refractivity contribution in [2.45, 2.75) is 18.2 Å². The van der Waals surface area contributed by atoms with Crippen molar-refractivity contribution in [1.29, 1.82) is 0 Å². The number of thioether (sulfide) groups is 1. The van der Waals surface area contributed by atoms with Crippen molar-refractivity contribution in [3.63, 3.8) is 0 Å². The fraction of sp³-hybridized carbons (Fsp3) is 0.462. The van der Waals surface area contributed by atoms with E-state index in [0.717, 1.165) is 0 Å². The molecule has 0 fully saturated rings. The topological polar surface area (TPSA) is 74.7 Å². The van der Waals surface area contributed by atoms with E-state index in [4.69, 9.17) is 5.11 Å². The van der Waals surface area contributed by atoms with Gasteiger partial charge >= 0.3 is 5.97 Å². The lowest BCUT2D eigenvalue weighted by Gasteiger charge is -2.19. The van der Waals surface area contributed by atoms with E-state index < -0.39 is 16.0 Å². The Hall–Kier alpha value is -1.05. The standard InChI is InChI=1S/C13H19NO4S2/c1-4-10-5-6-11(13(15)16)9-12(10)20(17,18)14(2)7-8-19-3/h5-6,9H,4,7-8H2,1-3H3,(H,15,16). The number of carboxylic acid groups (broad SMARTS) is 1. The number of carbonyl (C=O) groups is 1. The first kappa shape index (κ1) is 17.0. The summed E-state index contributed by atoms with van der Waals surface area (Å²) in [5, 5.41) is 9.01. The van der Waals surface area contributed by atoms with Crippen molar-refractivity contribution in [1.82, 2.24) is 4.31 Å². The third-order valence-electron chi connectivity index (χ3n) is 2.99. The highest BCUT2D eigenvalue weighted by Crippen LogP contribution is 2.22. The monoisotopic (exact) mass is 317 g/mol. The predicted molar refractivity (Wildman–Crippen MR) is 81.0 cm³/mol. The van der Waals surface area contributed by atoms with Gasteiger partial charge in [0.2, 0.25) is 10.0 Å². The number of nitrogens with zero attached hydrogens (tertiary/aromatic N) is 1. The second-order valence-corrected chi connectivity index (χ2v) is 7.30. The van der Waals surface area contributed by atoms with Gasteiger partial charge in [-0.25, -0.2) is 17.5 Å². The molecule has 0 amide bonds. The summed E-state index contributed by atoms with van der Waals surface area (Å²) in [5.41, 5.74) is 0.616. The number of aromatic carboxylic acids is 1. The Bertz CT molecular complexity index is 584. The van der Waals surface area contributed by atoms with Crippen molar-refractivity contribution in [3.8, 4) is 0 Å². The normalized spacial score (nSPS) is 11.8. The summed E-state index contributed by atoms with van der Waals surface area (Å²) >= 11 is 1.56. The summed E-state index contributed by atoms with van der Waals surface area (Å²) in [6.45, 7) is 2.24. The Labute approximate surface area is 124 Å². The number of carboxylic acids is 1. The molecule has 1 aromatic carbocycles. The third-order valence-corrected chi connectivity index (χ3v) is 5.52. The van der Waals surface area contributed by atoms with Crippen LogP contribution in [-0.4, -0.2) is 49.4 Å². The molecule has 0 spiro atoms. The zero-order valence-corrected chi connectivity index (χ0v) is 13.4. The maximum atomic E-state index is 12.5. The van der Waals surface area contributed by atoms with Crippen LogP contribution in [0.2, 0.25) is 0 Å². The molecule has 0 saturated carbocycles. The van der Waals surface area contributed by atoms with Crippen molar-refractivity contribution < 1.29 is 18.3 Å². The van der Waals surface area contributed by atoms with Crippen LogP contribution in [-0.2, 0) is 16.4 Å². The van der Waals surface area contributed by atoms with Gasteiger partial charge in [0, 0.05) is 19.3 Å². The van der Waals surface area contributed by atoms with Crippen LogP contribution in [0.15, 0.2) is 23.1 Å². The summed E-state index contributed by atoms with van der Waals surface area (Å²) in [6.07, 6.45) is 2.44. The van der Waals surface area contributed by atoms with Crippen molar-refractivity contribution >= 4 is 27.8 Å². The molecule has 0 unspecified atom stereocenters. The lowest BCUT2D eigenvalue weighted by Crippen LogP contribution is -2.30. The molecule has 1 N–H and O–H groups in total. The molecule has 0 radical (unpaired) electrons. The second-order valence-electron chi connectivity index (χ2n) is 4.30. The number of aryl methyl sites for hydroxylation is 1. The molecule has 7 heteroatoms. The maximum Gasteiger partial charge on any atom is 0.335 e. The quantitative estimate of drug-likeness (QED) is 0.832. The number of sulfonamides is 1. The van der Waals surface area contributed by atoms with E-state index in [-0.39, 0.29) is 10.5 Å². The van der Waals surface area contributed by atoms with Gasteiger partial charge in [-0.2, -0.15) is 11.8 Å². The molecule has 0 saturated heterocycles. The fourth-order valence-corrected chi connectivity index (χ4v) is 3.79. The second kappa shape index (κ2) is 7.10. The highest BCUT2D eigenvalue weighted by Gasteiger charge is 2.24. The van der Waals surface area contributed by atoms with Gasteiger partial charge in [0.25, 0.3) is 0 Å². The molecule has 0 aromatic heterocycles. The number of hydrogen-bond donors (Lipinski definition) is 1. The van der Waals surface area contributed by atoms with Gasteiger partial charge in [-0.1, -0.05) is 13.0 Å². The molecule has 0 bridgehead atoms. The minimum absolute atomic E-state index is 0.0148. The summed E-state index contributed by atoms with van der Waals surface area (Å²) in [6, 6.07) is 4.24. The number of rotatable bonds is 7. The van der Waals surface area contributed by atoms with Crippen LogP contribution in [0.3, 0.4) is 0 Å². The fourth-order valence-electron chi connectivity index (χ4n) is 1.73. The Morgan fingerprint density at radius 3 is 2.55 bits per heavy atom. The Kier molecular flexibility index (Phi) is 6.04. The number of benzene rings is 1. The van der Waals surface area contributed by atoms with Gasteiger partial charge < -0.3 is 5.11 Å². The molecule has 0 heterocycles. The highest BCUT2D eigenvalue weighted by atomic mass is 32.2. The first-order valence-corrected chi connectivity index (χ1v) is 8.99. The van der Waals surface area contributed by atoms with Gasteiger partial charge in [0.15, 0.2) is 0 Å². The van der Waals surface area contributed by atoms with Crippen LogP contribution in [0.5, 0.6) is 0 Å². The molecule has 0 aliphatic carbocycles. The summed E-state index contributed by atoms with van der Waals surface area (Å²) in [7, 11) is -2.14. The molecule has 0 atom stereocenters. The highest BCUT2D eigenvalue weighted by molar-refractivity contribution is 7.98. The van der Waals surface area contributed by atoms with E-state index in [9.17, 15) is 13.2 Å². The minimum Gasteiger partial charge on any atom is -0.478 e. The average molecular weight is 317 g/mol. The lowest BCUT2D eigenvalue weighted by atomic mass is 10.1. The minimum atomic E-state index is -3.65. The van der Waals surface area contributed by atoms with Crippen molar-refractivity contribution in [2.75, 3.05) is 25.6 Å². The van der Waals surface area contributed by atoms with Gasteiger partial charge in [-0.3, -0.25) is 0 Å². The van der Waals surface area contributed by atoms with E-state index in [2.05, 4.69) is 0 Å². The van der Waals surface area contributed by atoms with E-state index in [1.54, 1.807) is 17.8 Å². The summed E-state index contributed by atoms with van der Waals surface area (Å²) in [4.78, 5) is 11.1. The smallest absolute Gasteiger partial charge is 0.335 e. The number of hydrogen-bond acceptors (Lipinski definition) is 4. The molecule has 5 nitrogen and oxygen atoms in total. The van der Waals surface area contributed by atoms with Crippen molar-refractivity contribution in [2.24, 2.45) is 0 Å². The molecule has 1 rings (SSSR count). The van der Waals surface area contributed by atoms with Crippen molar-refractivity contribution in [3.05, 3.63) is 29.3 Å². The van der Waals surface area contributed by atoms with Gasteiger partial charge in [-0.15, -0.1) is 0 Å². The van der Waals surface area contributed by atoms with Gasteiger partial charge in [0.1, 0.15) is 0 Å². The average Bonchev–Trinajstić information content (AvgIpc) is 2.43. The van der Waals surface area contributed by atoms with Crippen LogP contribution in [0, 0.1) is 0 Å². The first-order valence-electron chi connectivity index (χ1n) is 6.16. The van der Waals surface area contributed by atoms with Crippen LogP contribution >= 0.6 is 11.8 Å². The first-order chi connectivity index (χ1) is 9.34. The SMILES string of the molecule is CCc1ccc(C(=O)O)cc1S(=O)(=O)N(C)CCSC. The zero-order valence-electron chi connectivity index (χ0n) is 11.8. The molecule has 20 heavy (non-hydrogen) atoms. The summed E-state index contributed by atoms with van der Waals surface area (Å²) < 4.78 is 26.3. The van der Waals surface area contributed by atoms with E-state index in [1.165, 1.54) is 23.5 Å². The van der Waals surface area contributed by atoms with E-state index in [0.29, 0.717) is 24.3 Å². The predicted octanol–water partition coefficient (Wildman–Crippen LogP) is 1.93. The zero-order chi connectivity index (χ0) is 15.3.